The number of nitrogens with two attached hydrogens (primary N) is 2. The molecule has 1 aromatic heterocycles. The van der Waals surface area contributed by atoms with Crippen molar-refractivity contribution in [1.82, 2.24) is 14.8 Å². The minimum atomic E-state index is -0.212. The van der Waals surface area contributed by atoms with Crippen molar-refractivity contribution in [2.45, 2.75) is 13.0 Å². The molecule has 0 saturated heterocycles. The van der Waals surface area contributed by atoms with Gasteiger partial charge in [0.15, 0.2) is 0 Å². The van der Waals surface area contributed by atoms with Gasteiger partial charge in [-0.25, -0.2) is 9.78 Å². The van der Waals surface area contributed by atoms with Crippen molar-refractivity contribution < 1.29 is 4.79 Å². The van der Waals surface area contributed by atoms with Gasteiger partial charge in [0, 0.05) is 56.6 Å². The van der Waals surface area contributed by atoms with E-state index in [0.717, 1.165) is 34.9 Å². The zero-order chi connectivity index (χ0) is 21.7. The first-order valence-corrected chi connectivity index (χ1v) is 10.0. The van der Waals surface area contributed by atoms with Crippen molar-refractivity contribution in [3.05, 3.63) is 58.6 Å². The van der Waals surface area contributed by atoms with E-state index in [1.807, 2.05) is 36.4 Å². The molecule has 0 aliphatic heterocycles. The van der Waals surface area contributed by atoms with Crippen LogP contribution in [0.5, 0.6) is 0 Å². The number of amides is 2. The number of nitrogens with one attached hydrogen (secondary N) is 1. The molecule has 0 unspecified atom stereocenters. The van der Waals surface area contributed by atoms with Crippen LogP contribution in [0.1, 0.15) is 12.0 Å². The Morgan fingerprint density at radius 2 is 2.03 bits per heavy atom. The van der Waals surface area contributed by atoms with Gasteiger partial charge in [-0.05, 0) is 30.8 Å². The molecule has 2 amide bonds. The molecule has 0 fully saturated rings. The second-order valence-electron chi connectivity index (χ2n) is 7.69. The average Bonchev–Trinajstić information content (AvgIpc) is 2.89. The van der Waals surface area contributed by atoms with Crippen molar-refractivity contribution >= 4 is 23.5 Å². The molecule has 0 atom stereocenters. The Morgan fingerprint density at radius 1 is 1.23 bits per heavy atom. The minimum absolute atomic E-state index is 0.212. The molecule has 0 spiro atoms. The number of pyridine rings is 1. The van der Waals surface area contributed by atoms with Gasteiger partial charge in [-0.1, -0.05) is 30.4 Å². The van der Waals surface area contributed by atoms with E-state index < -0.39 is 0 Å². The number of hydrogen-bond acceptors (Lipinski definition) is 5. The number of benzene rings is 1. The molecule has 1 heterocycles. The molecule has 7 nitrogen and oxygen atoms in total. The lowest BCUT2D eigenvalue weighted by Gasteiger charge is -2.16. The summed E-state index contributed by atoms with van der Waals surface area (Å²) >= 11 is 0. The van der Waals surface area contributed by atoms with Crippen molar-refractivity contribution in [3.8, 4) is 11.3 Å². The molecular formula is C23H30N6O. The van der Waals surface area contributed by atoms with Crippen LogP contribution in [-0.4, -0.2) is 55.0 Å². The van der Waals surface area contributed by atoms with Crippen LogP contribution in [0.3, 0.4) is 0 Å². The molecule has 2 aromatic rings. The van der Waals surface area contributed by atoms with Crippen LogP contribution < -0.4 is 27.4 Å². The highest BCUT2D eigenvalue weighted by Gasteiger charge is 2.13. The number of allylic oxidation sites excluding steroid dienone is 1. The number of likely N-dealkylation sites (N-methyl/N-ethyl adjacent to an activating group) is 1. The van der Waals surface area contributed by atoms with Crippen LogP contribution in [0, 0.1) is 0 Å². The van der Waals surface area contributed by atoms with E-state index in [-0.39, 0.29) is 6.03 Å². The highest BCUT2D eigenvalue weighted by molar-refractivity contribution is 5.90. The van der Waals surface area contributed by atoms with Gasteiger partial charge < -0.3 is 26.6 Å². The standard InChI is InChI=1S/C23H30N6O/c1-28(2)23(30)27-21-14-20(26-19-10-5-4-9-18(25)22(19)21)17-8-6-7-16(13-17)15-29(3)12-11-24/h4-8,10,13-14H,9,11-12,15,24-25H2,1-3H3,(H,27,30). The molecule has 5 N–H and O–H groups in total. The number of anilines is 1. The predicted molar refractivity (Wildman–Crippen MR) is 123 cm³/mol. The van der Waals surface area contributed by atoms with Crippen LogP contribution in [0.25, 0.3) is 23.0 Å². The Hall–Kier alpha value is -3.16. The summed E-state index contributed by atoms with van der Waals surface area (Å²) in [5.74, 6) is 0. The van der Waals surface area contributed by atoms with E-state index in [9.17, 15) is 4.79 Å². The summed E-state index contributed by atoms with van der Waals surface area (Å²) in [5, 5.41) is 4.50. The number of urea groups is 1. The highest BCUT2D eigenvalue weighted by atomic mass is 16.2. The summed E-state index contributed by atoms with van der Waals surface area (Å²) in [7, 11) is 5.46. The summed E-state index contributed by atoms with van der Waals surface area (Å²) in [6.45, 7) is 2.26. The fourth-order valence-electron chi connectivity index (χ4n) is 3.39. The van der Waals surface area contributed by atoms with Crippen LogP contribution in [-0.2, 0) is 6.54 Å². The van der Waals surface area contributed by atoms with Crippen molar-refractivity contribution in [2.24, 2.45) is 11.5 Å². The fourth-order valence-corrected chi connectivity index (χ4v) is 3.39. The molecule has 0 bridgehead atoms. The predicted octanol–water partition coefficient (Wildman–Crippen LogP) is 1.04. The molecule has 0 saturated carbocycles. The average molecular weight is 407 g/mol. The molecule has 7 heteroatoms. The van der Waals surface area contributed by atoms with Crippen LogP contribution in [0.2, 0.25) is 0 Å². The van der Waals surface area contributed by atoms with Crippen LogP contribution >= 0.6 is 0 Å². The third-order valence-electron chi connectivity index (χ3n) is 4.93. The number of carbonyl (C=O) groups is 1. The van der Waals surface area contributed by atoms with E-state index in [1.165, 1.54) is 10.5 Å². The third-order valence-corrected chi connectivity index (χ3v) is 4.93. The monoisotopic (exact) mass is 406 g/mol. The normalized spacial score (nSPS) is 12.9. The summed E-state index contributed by atoms with van der Waals surface area (Å²) in [6, 6.07) is 9.95. The Balaban J connectivity index is 2.10. The quantitative estimate of drug-likeness (QED) is 0.666. The maximum atomic E-state index is 12.4. The van der Waals surface area contributed by atoms with E-state index in [4.69, 9.17) is 16.5 Å². The lowest BCUT2D eigenvalue weighted by atomic mass is 10.1. The number of rotatable bonds is 6. The van der Waals surface area contributed by atoms with Crippen LogP contribution in [0.4, 0.5) is 10.5 Å². The maximum Gasteiger partial charge on any atom is 0.321 e. The molecule has 30 heavy (non-hydrogen) atoms. The highest BCUT2D eigenvalue weighted by Crippen LogP contribution is 2.20. The topological polar surface area (TPSA) is 101 Å². The van der Waals surface area contributed by atoms with Gasteiger partial charge >= 0.3 is 6.03 Å². The van der Waals surface area contributed by atoms with Crippen molar-refractivity contribution in [1.29, 1.82) is 0 Å². The summed E-state index contributed by atoms with van der Waals surface area (Å²) in [6.07, 6.45) is 6.48. The lowest BCUT2D eigenvalue weighted by molar-refractivity contribution is 0.230. The number of carbonyl (C=O) groups excluding carboxylic acids is 1. The van der Waals surface area contributed by atoms with E-state index in [0.29, 0.717) is 24.4 Å². The first-order chi connectivity index (χ1) is 14.4. The molecule has 158 valence electrons. The Morgan fingerprint density at radius 3 is 2.77 bits per heavy atom. The molecule has 3 rings (SSSR count). The number of aromatic nitrogens is 1. The van der Waals surface area contributed by atoms with Gasteiger partial charge in [0.25, 0.3) is 0 Å². The zero-order valence-electron chi connectivity index (χ0n) is 17.9. The molecular weight excluding hydrogens is 376 g/mol. The maximum absolute atomic E-state index is 12.4. The molecule has 1 aliphatic rings. The van der Waals surface area contributed by atoms with Gasteiger partial charge in [0.05, 0.1) is 16.7 Å². The van der Waals surface area contributed by atoms with E-state index in [2.05, 4.69) is 29.4 Å². The second kappa shape index (κ2) is 9.56. The molecule has 1 aromatic carbocycles. The molecule has 1 aliphatic carbocycles. The van der Waals surface area contributed by atoms with Crippen molar-refractivity contribution in [2.75, 3.05) is 39.5 Å². The van der Waals surface area contributed by atoms with Gasteiger partial charge in [-0.2, -0.15) is 0 Å². The van der Waals surface area contributed by atoms with Gasteiger partial charge in [0.1, 0.15) is 0 Å². The lowest BCUT2D eigenvalue weighted by Crippen LogP contribution is -2.38. The summed E-state index contributed by atoms with van der Waals surface area (Å²) < 4.78 is 0. The smallest absolute Gasteiger partial charge is 0.321 e. The largest absolute Gasteiger partial charge is 0.401 e. The SMILES string of the molecule is CN(CCN)Cc1cccc(-c2cc(NC(=O)N(C)C)c3c(n2)=CC=CCC=3N)c1. The first kappa shape index (κ1) is 21.5. The Labute approximate surface area is 177 Å². The van der Waals surface area contributed by atoms with E-state index >= 15 is 0 Å². The number of nitrogens with zero attached hydrogens (tertiary/aromatic N) is 3. The Kier molecular flexibility index (Phi) is 6.87. The third kappa shape index (κ3) is 5.06. The van der Waals surface area contributed by atoms with Gasteiger partial charge in [-0.3, -0.25) is 0 Å². The first-order valence-electron chi connectivity index (χ1n) is 10.0. The fraction of sp³-hybridized carbons (Fsp3) is 0.304. The second-order valence-corrected chi connectivity index (χ2v) is 7.69. The minimum Gasteiger partial charge on any atom is -0.401 e. The number of hydrogen-bond donors (Lipinski definition) is 3. The van der Waals surface area contributed by atoms with Gasteiger partial charge in [0.2, 0.25) is 0 Å². The van der Waals surface area contributed by atoms with E-state index in [1.54, 1.807) is 14.1 Å². The van der Waals surface area contributed by atoms with Crippen LogP contribution in [0.15, 0.2) is 42.5 Å². The summed E-state index contributed by atoms with van der Waals surface area (Å²) in [5.41, 5.74) is 16.3. The molecule has 0 radical (unpaired) electrons. The van der Waals surface area contributed by atoms with Gasteiger partial charge in [-0.15, -0.1) is 0 Å². The number of fused-ring (bicyclic) bond motifs is 1. The van der Waals surface area contributed by atoms with Crippen molar-refractivity contribution in [3.63, 3.8) is 0 Å². The Bertz CT molecular complexity index is 1070. The zero-order valence-corrected chi connectivity index (χ0v) is 17.9. The summed E-state index contributed by atoms with van der Waals surface area (Å²) in [4.78, 5) is 20.9.